The molecular formula is C29H31N5O4. The van der Waals surface area contributed by atoms with Crippen LogP contribution in [-0.4, -0.2) is 60.9 Å². The van der Waals surface area contributed by atoms with E-state index >= 15 is 0 Å². The summed E-state index contributed by atoms with van der Waals surface area (Å²) in [6.45, 7) is 8.89. The molecule has 38 heavy (non-hydrogen) atoms. The summed E-state index contributed by atoms with van der Waals surface area (Å²) in [6.07, 6.45) is 1.86. The van der Waals surface area contributed by atoms with Gasteiger partial charge in [-0.25, -0.2) is 9.78 Å². The van der Waals surface area contributed by atoms with E-state index in [2.05, 4.69) is 9.55 Å². The van der Waals surface area contributed by atoms with Crippen molar-refractivity contribution in [3.8, 4) is 0 Å². The smallest absolute Gasteiger partial charge is 0.410 e. The monoisotopic (exact) mass is 513 g/mol. The number of rotatable bonds is 7. The van der Waals surface area contributed by atoms with Crippen LogP contribution in [-0.2, 0) is 17.8 Å². The molecule has 1 aliphatic rings. The van der Waals surface area contributed by atoms with Gasteiger partial charge in [-0.2, -0.15) is 0 Å². The lowest BCUT2D eigenvalue weighted by Gasteiger charge is -2.26. The minimum absolute atomic E-state index is 0.251. The summed E-state index contributed by atoms with van der Waals surface area (Å²) in [5.74, 6) is 0.157. The third-order valence-electron chi connectivity index (χ3n) is 6.57. The maximum atomic E-state index is 12.9. The molecular weight excluding hydrogens is 482 g/mol. The lowest BCUT2D eigenvalue weighted by molar-refractivity contribution is 0.0237. The van der Waals surface area contributed by atoms with Gasteiger partial charge < -0.3 is 14.2 Å². The fourth-order valence-electron chi connectivity index (χ4n) is 4.80. The van der Waals surface area contributed by atoms with Crippen LogP contribution in [0.4, 0.5) is 4.79 Å². The SMILES string of the molecule is CCN(Cc1nc2cnc3ccccc3c2n1CCCN1C(=O)c2ccccc2C1=O)C(=O)OC(C)(C)C. The highest BCUT2D eigenvalue weighted by atomic mass is 16.6. The molecule has 2 aromatic carbocycles. The first-order valence-corrected chi connectivity index (χ1v) is 12.8. The highest BCUT2D eigenvalue weighted by Crippen LogP contribution is 2.27. The van der Waals surface area contributed by atoms with Gasteiger partial charge >= 0.3 is 6.09 Å². The highest BCUT2D eigenvalue weighted by molar-refractivity contribution is 6.21. The first kappa shape index (κ1) is 25.4. The van der Waals surface area contributed by atoms with Gasteiger partial charge in [0.25, 0.3) is 11.8 Å². The Kier molecular flexibility index (Phi) is 6.60. The molecule has 5 rings (SSSR count). The maximum absolute atomic E-state index is 12.9. The second-order valence-corrected chi connectivity index (χ2v) is 10.3. The third kappa shape index (κ3) is 4.71. The Hall–Kier alpha value is -4.27. The Bertz CT molecular complexity index is 1520. The Morgan fingerprint density at radius 3 is 2.26 bits per heavy atom. The Balaban J connectivity index is 1.45. The summed E-state index contributed by atoms with van der Waals surface area (Å²) in [4.78, 5) is 50.9. The van der Waals surface area contributed by atoms with Crippen molar-refractivity contribution >= 4 is 39.8 Å². The van der Waals surface area contributed by atoms with E-state index in [1.54, 1.807) is 35.4 Å². The Morgan fingerprint density at radius 1 is 0.947 bits per heavy atom. The van der Waals surface area contributed by atoms with Crippen LogP contribution < -0.4 is 0 Å². The maximum Gasteiger partial charge on any atom is 0.410 e. The molecule has 9 heteroatoms. The number of pyridine rings is 1. The fraction of sp³-hybridized carbons (Fsp3) is 0.345. The van der Waals surface area contributed by atoms with Crippen LogP contribution in [0.2, 0.25) is 0 Å². The third-order valence-corrected chi connectivity index (χ3v) is 6.57. The van der Waals surface area contributed by atoms with E-state index < -0.39 is 11.7 Å². The molecule has 0 atom stereocenters. The van der Waals surface area contributed by atoms with E-state index in [-0.39, 0.29) is 24.9 Å². The molecule has 0 spiro atoms. The number of benzene rings is 2. The normalized spacial score (nSPS) is 13.4. The van der Waals surface area contributed by atoms with Crippen molar-refractivity contribution in [3.05, 3.63) is 71.7 Å². The van der Waals surface area contributed by atoms with Gasteiger partial charge in [0.05, 0.1) is 34.9 Å². The van der Waals surface area contributed by atoms with Gasteiger partial charge in [-0.05, 0) is 52.3 Å². The number of aromatic nitrogens is 3. The standard InChI is InChI=1S/C29H31N5O4/c1-5-32(28(37)38-29(2,3)4)18-24-31-23-17-30-22-14-9-8-13-21(22)25(23)33(24)15-10-16-34-26(35)19-11-6-7-12-20(19)27(34)36/h6-9,11-14,17H,5,10,15-16,18H2,1-4H3. The van der Waals surface area contributed by atoms with Crippen molar-refractivity contribution in [2.75, 3.05) is 13.1 Å². The quantitative estimate of drug-likeness (QED) is 0.322. The highest BCUT2D eigenvalue weighted by Gasteiger charge is 2.34. The predicted molar refractivity (Wildman–Crippen MR) is 144 cm³/mol. The second kappa shape index (κ2) is 9.89. The summed E-state index contributed by atoms with van der Waals surface area (Å²) < 4.78 is 7.68. The largest absolute Gasteiger partial charge is 0.444 e. The van der Waals surface area contributed by atoms with Gasteiger partial charge in [-0.1, -0.05) is 30.3 Å². The number of hydrogen-bond acceptors (Lipinski definition) is 6. The number of nitrogens with zero attached hydrogens (tertiary/aromatic N) is 5. The molecule has 196 valence electrons. The summed E-state index contributed by atoms with van der Waals surface area (Å²) in [6, 6.07) is 14.7. The number of ether oxygens (including phenoxy) is 1. The van der Waals surface area contributed by atoms with Crippen molar-refractivity contribution in [1.82, 2.24) is 24.3 Å². The van der Waals surface area contributed by atoms with E-state index in [4.69, 9.17) is 9.72 Å². The van der Waals surface area contributed by atoms with Crippen molar-refractivity contribution in [2.24, 2.45) is 0 Å². The molecule has 9 nitrogen and oxygen atoms in total. The minimum Gasteiger partial charge on any atom is -0.444 e. The van der Waals surface area contributed by atoms with Crippen LogP contribution in [0.1, 0.15) is 60.7 Å². The van der Waals surface area contributed by atoms with Crippen LogP contribution in [0.3, 0.4) is 0 Å². The zero-order valence-electron chi connectivity index (χ0n) is 22.1. The van der Waals surface area contributed by atoms with Crippen molar-refractivity contribution in [3.63, 3.8) is 0 Å². The molecule has 3 heterocycles. The summed E-state index contributed by atoms with van der Waals surface area (Å²) in [5, 5.41) is 0.949. The number of para-hydroxylation sites is 1. The summed E-state index contributed by atoms with van der Waals surface area (Å²) >= 11 is 0. The number of hydrogen-bond donors (Lipinski definition) is 0. The lowest BCUT2D eigenvalue weighted by atomic mass is 10.1. The molecule has 1 aliphatic heterocycles. The molecule has 0 N–H and O–H groups in total. The van der Waals surface area contributed by atoms with Crippen LogP contribution in [0.25, 0.3) is 21.9 Å². The summed E-state index contributed by atoms with van der Waals surface area (Å²) in [7, 11) is 0. The second-order valence-electron chi connectivity index (χ2n) is 10.3. The Labute approximate surface area is 221 Å². The van der Waals surface area contributed by atoms with Crippen LogP contribution >= 0.6 is 0 Å². The molecule has 0 bridgehead atoms. The molecule has 2 aromatic heterocycles. The topological polar surface area (TPSA) is 97.6 Å². The van der Waals surface area contributed by atoms with Crippen molar-refractivity contribution < 1.29 is 19.1 Å². The molecule has 0 saturated heterocycles. The van der Waals surface area contributed by atoms with Gasteiger partial charge in [-0.15, -0.1) is 0 Å². The van der Waals surface area contributed by atoms with E-state index in [1.807, 2.05) is 52.0 Å². The first-order valence-electron chi connectivity index (χ1n) is 12.8. The predicted octanol–water partition coefficient (Wildman–Crippen LogP) is 5.03. The molecule has 0 fully saturated rings. The average Bonchev–Trinajstić information content (AvgIpc) is 3.36. The van der Waals surface area contributed by atoms with E-state index in [0.717, 1.165) is 21.9 Å². The minimum atomic E-state index is -0.614. The molecule has 0 radical (unpaired) electrons. The molecule has 0 saturated carbocycles. The van der Waals surface area contributed by atoms with E-state index in [1.165, 1.54) is 4.90 Å². The molecule has 0 unspecified atom stereocenters. The summed E-state index contributed by atoms with van der Waals surface area (Å²) in [5.41, 5.74) is 2.75. The number of imide groups is 1. The number of carbonyl (C=O) groups is 3. The van der Waals surface area contributed by atoms with Gasteiger partial charge in [0.15, 0.2) is 0 Å². The first-order chi connectivity index (χ1) is 18.2. The van der Waals surface area contributed by atoms with Gasteiger partial charge in [-0.3, -0.25) is 19.5 Å². The van der Waals surface area contributed by atoms with Crippen molar-refractivity contribution in [2.45, 2.75) is 52.8 Å². The average molecular weight is 514 g/mol. The van der Waals surface area contributed by atoms with Crippen molar-refractivity contribution in [1.29, 1.82) is 0 Å². The number of aryl methyl sites for hydroxylation is 1. The van der Waals surface area contributed by atoms with Gasteiger partial charge in [0.1, 0.15) is 16.9 Å². The zero-order valence-corrected chi connectivity index (χ0v) is 22.1. The number of amides is 3. The Morgan fingerprint density at radius 2 is 1.61 bits per heavy atom. The number of imidazole rings is 1. The number of fused-ring (bicyclic) bond motifs is 4. The zero-order chi connectivity index (χ0) is 27.0. The fourth-order valence-corrected chi connectivity index (χ4v) is 4.80. The van der Waals surface area contributed by atoms with Crippen LogP contribution in [0, 0.1) is 0 Å². The van der Waals surface area contributed by atoms with Gasteiger partial charge in [0.2, 0.25) is 0 Å². The van der Waals surface area contributed by atoms with E-state index in [0.29, 0.717) is 36.5 Å². The van der Waals surface area contributed by atoms with Crippen LogP contribution in [0.15, 0.2) is 54.7 Å². The molecule has 3 amide bonds. The van der Waals surface area contributed by atoms with E-state index in [9.17, 15) is 14.4 Å². The number of carbonyl (C=O) groups excluding carboxylic acids is 3. The van der Waals surface area contributed by atoms with Crippen LogP contribution in [0.5, 0.6) is 0 Å². The molecule has 4 aromatic rings. The lowest BCUT2D eigenvalue weighted by Crippen LogP contribution is -2.37. The van der Waals surface area contributed by atoms with Gasteiger partial charge in [0, 0.05) is 25.0 Å². The molecule has 0 aliphatic carbocycles.